The van der Waals surface area contributed by atoms with Gasteiger partial charge >= 0.3 is 0 Å². The second-order valence-electron chi connectivity index (χ2n) is 3.56. The van der Waals surface area contributed by atoms with Crippen molar-refractivity contribution in [2.75, 3.05) is 37.9 Å². The van der Waals surface area contributed by atoms with E-state index in [1.54, 1.807) is 7.11 Å². The van der Waals surface area contributed by atoms with Crippen molar-refractivity contribution in [1.82, 2.24) is 5.32 Å². The van der Waals surface area contributed by atoms with E-state index in [1.165, 1.54) is 0 Å². The summed E-state index contributed by atoms with van der Waals surface area (Å²) in [6.45, 7) is 7.54. The molecular formula is C10H22INO2. The Morgan fingerprint density at radius 1 is 1.21 bits per heavy atom. The van der Waals surface area contributed by atoms with Crippen LogP contribution in [0, 0.1) is 5.92 Å². The monoisotopic (exact) mass is 315 g/mol. The fourth-order valence-electron chi connectivity index (χ4n) is 1.03. The summed E-state index contributed by atoms with van der Waals surface area (Å²) in [7, 11) is 1.69. The van der Waals surface area contributed by atoms with Gasteiger partial charge in [0.05, 0.1) is 19.8 Å². The Morgan fingerprint density at radius 2 is 1.93 bits per heavy atom. The zero-order chi connectivity index (χ0) is 10.8. The first-order valence-electron chi connectivity index (χ1n) is 5.08. The van der Waals surface area contributed by atoms with Crippen molar-refractivity contribution in [3.63, 3.8) is 0 Å². The predicted molar refractivity (Wildman–Crippen MR) is 68.2 cm³/mol. The molecule has 0 aromatic heterocycles. The van der Waals surface area contributed by atoms with Gasteiger partial charge in [-0.1, -0.05) is 36.4 Å². The molecule has 14 heavy (non-hydrogen) atoms. The summed E-state index contributed by atoms with van der Waals surface area (Å²) in [5.74, 6) is 0.686. The normalized spacial score (nSPS) is 13.5. The molecule has 0 heterocycles. The number of nitrogens with one attached hydrogen (secondary N) is 1. The molecule has 0 saturated heterocycles. The number of rotatable bonds is 9. The smallest absolute Gasteiger partial charge is 0.0700 e. The highest BCUT2D eigenvalue weighted by molar-refractivity contribution is 14.1. The third-order valence-electron chi connectivity index (χ3n) is 2.06. The Kier molecular flexibility index (Phi) is 10.6. The lowest BCUT2D eigenvalue weighted by Gasteiger charge is -2.19. The third kappa shape index (κ3) is 7.96. The van der Waals surface area contributed by atoms with E-state index >= 15 is 0 Å². The van der Waals surface area contributed by atoms with E-state index in [-0.39, 0.29) is 0 Å². The van der Waals surface area contributed by atoms with Crippen LogP contribution in [0.25, 0.3) is 0 Å². The van der Waals surface area contributed by atoms with Crippen LogP contribution in [0.15, 0.2) is 0 Å². The van der Waals surface area contributed by atoms with Crippen LogP contribution in [0.3, 0.4) is 0 Å². The topological polar surface area (TPSA) is 30.5 Å². The van der Waals surface area contributed by atoms with Crippen molar-refractivity contribution in [2.45, 2.75) is 19.9 Å². The molecular weight excluding hydrogens is 293 g/mol. The average Bonchev–Trinajstić information content (AvgIpc) is 2.16. The molecule has 4 heteroatoms. The van der Waals surface area contributed by atoms with Crippen LogP contribution in [-0.2, 0) is 9.47 Å². The average molecular weight is 315 g/mol. The minimum atomic E-state index is 0.599. The molecule has 0 aromatic rings. The lowest BCUT2D eigenvalue weighted by molar-refractivity contribution is 0.0708. The molecule has 0 aliphatic heterocycles. The maximum atomic E-state index is 5.36. The van der Waals surface area contributed by atoms with E-state index in [0.29, 0.717) is 25.2 Å². The van der Waals surface area contributed by atoms with E-state index in [0.717, 1.165) is 17.6 Å². The fourth-order valence-corrected chi connectivity index (χ4v) is 2.36. The van der Waals surface area contributed by atoms with Gasteiger partial charge in [-0.15, -0.1) is 0 Å². The lowest BCUT2D eigenvalue weighted by atomic mass is 10.1. The van der Waals surface area contributed by atoms with Crippen LogP contribution in [0.1, 0.15) is 13.8 Å². The van der Waals surface area contributed by atoms with Crippen molar-refractivity contribution in [3.8, 4) is 0 Å². The van der Waals surface area contributed by atoms with Crippen molar-refractivity contribution in [2.24, 2.45) is 5.92 Å². The lowest BCUT2D eigenvalue weighted by Crippen LogP contribution is -2.37. The first-order valence-corrected chi connectivity index (χ1v) is 6.61. The fraction of sp³-hybridized carbons (Fsp3) is 1.00. The highest BCUT2D eigenvalue weighted by Gasteiger charge is 2.09. The minimum absolute atomic E-state index is 0.599. The highest BCUT2D eigenvalue weighted by Crippen LogP contribution is 2.04. The van der Waals surface area contributed by atoms with Gasteiger partial charge in [-0.05, 0) is 5.92 Å². The summed E-state index contributed by atoms with van der Waals surface area (Å²) in [5, 5.41) is 3.47. The minimum Gasteiger partial charge on any atom is -0.382 e. The molecule has 1 atom stereocenters. The number of ether oxygens (including phenoxy) is 2. The van der Waals surface area contributed by atoms with Gasteiger partial charge < -0.3 is 14.8 Å². The summed E-state index contributed by atoms with van der Waals surface area (Å²) in [5.41, 5.74) is 0. The first-order chi connectivity index (χ1) is 6.72. The van der Waals surface area contributed by atoms with E-state index in [1.807, 2.05) is 0 Å². The molecule has 1 unspecified atom stereocenters. The third-order valence-corrected chi connectivity index (χ3v) is 3.00. The van der Waals surface area contributed by atoms with Crippen LogP contribution < -0.4 is 5.32 Å². The number of alkyl halides is 1. The predicted octanol–water partition coefficient (Wildman–Crippen LogP) is 1.70. The quantitative estimate of drug-likeness (QED) is 0.399. The van der Waals surface area contributed by atoms with Gasteiger partial charge in [0.25, 0.3) is 0 Å². The van der Waals surface area contributed by atoms with E-state index in [4.69, 9.17) is 9.47 Å². The number of methoxy groups -OCH3 is 1. The molecule has 0 rings (SSSR count). The van der Waals surface area contributed by atoms with E-state index in [2.05, 4.69) is 41.8 Å². The van der Waals surface area contributed by atoms with Gasteiger partial charge in [-0.25, -0.2) is 0 Å². The summed E-state index contributed by atoms with van der Waals surface area (Å²) >= 11 is 2.42. The van der Waals surface area contributed by atoms with Crippen LogP contribution in [0.5, 0.6) is 0 Å². The maximum absolute atomic E-state index is 5.36. The Balaban J connectivity index is 3.25. The summed E-state index contributed by atoms with van der Waals surface area (Å²) < 4.78 is 11.4. The molecule has 0 aromatic carbocycles. The van der Waals surface area contributed by atoms with Crippen molar-refractivity contribution >= 4 is 22.6 Å². The largest absolute Gasteiger partial charge is 0.382 e. The molecule has 0 spiro atoms. The van der Waals surface area contributed by atoms with Crippen LogP contribution in [-0.4, -0.2) is 43.9 Å². The Hall–Kier alpha value is 0.610. The summed E-state index contributed by atoms with van der Waals surface area (Å²) in [6.07, 6.45) is 0. The molecule has 0 bridgehead atoms. The van der Waals surface area contributed by atoms with Crippen molar-refractivity contribution in [1.29, 1.82) is 0 Å². The van der Waals surface area contributed by atoms with Gasteiger partial charge in [-0.3, -0.25) is 0 Å². The molecule has 0 aliphatic carbocycles. The molecule has 0 radical (unpaired) electrons. The Morgan fingerprint density at radius 3 is 2.43 bits per heavy atom. The van der Waals surface area contributed by atoms with Gasteiger partial charge in [0.2, 0.25) is 0 Å². The van der Waals surface area contributed by atoms with Gasteiger partial charge in [0.15, 0.2) is 0 Å². The maximum Gasteiger partial charge on any atom is 0.0700 e. The van der Waals surface area contributed by atoms with Gasteiger partial charge in [0, 0.05) is 24.1 Å². The molecule has 0 aliphatic rings. The summed E-state index contributed by atoms with van der Waals surface area (Å²) in [4.78, 5) is 0. The SMILES string of the molecule is COCCOCCNC(CI)C(C)C. The second kappa shape index (κ2) is 10.1. The van der Waals surface area contributed by atoms with Crippen molar-refractivity contribution < 1.29 is 9.47 Å². The number of hydrogen-bond donors (Lipinski definition) is 1. The number of halogens is 1. The highest BCUT2D eigenvalue weighted by atomic mass is 127. The molecule has 0 amide bonds. The first kappa shape index (κ1) is 14.6. The molecule has 1 N–H and O–H groups in total. The van der Waals surface area contributed by atoms with Crippen LogP contribution in [0.4, 0.5) is 0 Å². The van der Waals surface area contributed by atoms with Gasteiger partial charge in [-0.2, -0.15) is 0 Å². The molecule has 86 valence electrons. The van der Waals surface area contributed by atoms with Crippen LogP contribution >= 0.6 is 22.6 Å². The molecule has 3 nitrogen and oxygen atoms in total. The zero-order valence-corrected chi connectivity index (χ0v) is 11.5. The Labute approximate surface area is 101 Å². The van der Waals surface area contributed by atoms with Gasteiger partial charge in [0.1, 0.15) is 0 Å². The second-order valence-corrected chi connectivity index (χ2v) is 4.44. The standard InChI is InChI=1S/C10H22INO2/c1-9(2)10(8-11)12-4-5-14-7-6-13-3/h9-10,12H,4-8H2,1-3H3. The molecule has 0 saturated carbocycles. The Bertz CT molecular complexity index is 123. The molecule has 0 fully saturated rings. The summed E-state index contributed by atoms with van der Waals surface area (Å²) in [6, 6.07) is 0.599. The van der Waals surface area contributed by atoms with Crippen molar-refractivity contribution in [3.05, 3.63) is 0 Å². The zero-order valence-electron chi connectivity index (χ0n) is 9.38. The van der Waals surface area contributed by atoms with E-state index < -0.39 is 0 Å². The van der Waals surface area contributed by atoms with E-state index in [9.17, 15) is 0 Å². The number of hydrogen-bond acceptors (Lipinski definition) is 3. The van der Waals surface area contributed by atoms with Crippen LogP contribution in [0.2, 0.25) is 0 Å².